The number of pyridine rings is 1. The third kappa shape index (κ3) is 8.98. The number of ketones is 1. The summed E-state index contributed by atoms with van der Waals surface area (Å²) in [6.45, 7) is 20.0. The molecule has 1 heterocycles. The molecule has 4 heteroatoms. The van der Waals surface area contributed by atoms with E-state index in [0.29, 0.717) is 0 Å². The minimum absolute atomic E-state index is 0. The van der Waals surface area contributed by atoms with E-state index in [1.165, 1.54) is 28.0 Å². The van der Waals surface area contributed by atoms with E-state index in [1.807, 2.05) is 53.8 Å². The van der Waals surface area contributed by atoms with Crippen LogP contribution in [0.4, 0.5) is 0 Å². The fourth-order valence-electron chi connectivity index (χ4n) is 3.18. The van der Waals surface area contributed by atoms with Gasteiger partial charge in [0.1, 0.15) is 5.76 Å². The zero-order valence-corrected chi connectivity index (χ0v) is 25.9. The zero-order valence-electron chi connectivity index (χ0n) is 23.5. The molecule has 0 atom stereocenters. The molecule has 3 aromatic rings. The molecule has 0 fully saturated rings. The molecule has 197 valence electrons. The fraction of sp³-hybridized carbons (Fsp3) is 0.438. The number of benzene rings is 2. The predicted octanol–water partition coefficient (Wildman–Crippen LogP) is 8.65. The standard InChI is InChI=1S/C21H22N.C11H20O2.Ir/c1-5-15-10-18(12-19(11-15)21(2,3)4)20-13-16-8-6-7-9-17(16)14-22-20;1-10(2,3)8(12)7-9(13)11(4,5)6;/h6-9,11-14H,5H2,1-4H3;7,12H,1-6H3;/q-1;;/b;8-7-;. The van der Waals surface area contributed by atoms with Crippen LogP contribution in [0.25, 0.3) is 22.0 Å². The van der Waals surface area contributed by atoms with Crippen molar-refractivity contribution in [2.24, 2.45) is 10.8 Å². The monoisotopic (exact) mass is 665 g/mol. The number of allylic oxidation sites excluding steroid dienone is 2. The van der Waals surface area contributed by atoms with E-state index in [2.05, 4.69) is 75.1 Å². The van der Waals surface area contributed by atoms with Crippen molar-refractivity contribution >= 4 is 16.6 Å². The SMILES string of the molecule is CC(C)(C)C(=O)/C=C(\O)C(C)(C)C.CCc1[c-]c(-c2cc3ccccc3cn2)cc(C(C)(C)C)c1.[Ir]. The van der Waals surface area contributed by atoms with Crippen LogP contribution in [0.3, 0.4) is 0 Å². The number of hydrogen-bond donors (Lipinski definition) is 1. The van der Waals surface area contributed by atoms with Crippen LogP contribution >= 0.6 is 0 Å². The van der Waals surface area contributed by atoms with Gasteiger partial charge >= 0.3 is 0 Å². The Morgan fingerprint density at radius 2 is 1.50 bits per heavy atom. The van der Waals surface area contributed by atoms with Crippen molar-refractivity contribution in [2.45, 2.75) is 81.1 Å². The second-order valence-corrected chi connectivity index (χ2v) is 12.2. The van der Waals surface area contributed by atoms with Gasteiger partial charge in [-0.15, -0.1) is 34.9 Å². The topological polar surface area (TPSA) is 50.2 Å². The number of fused-ring (bicyclic) bond motifs is 1. The van der Waals surface area contributed by atoms with E-state index in [1.54, 1.807) is 0 Å². The third-order valence-electron chi connectivity index (χ3n) is 5.85. The van der Waals surface area contributed by atoms with Crippen LogP contribution in [-0.2, 0) is 36.7 Å². The normalized spacial score (nSPS) is 12.4. The summed E-state index contributed by atoms with van der Waals surface area (Å²) < 4.78 is 0. The molecule has 1 aromatic heterocycles. The van der Waals surface area contributed by atoms with Crippen LogP contribution in [-0.4, -0.2) is 15.9 Å². The van der Waals surface area contributed by atoms with Gasteiger partial charge in [0.2, 0.25) is 0 Å². The smallest absolute Gasteiger partial charge is 0.164 e. The van der Waals surface area contributed by atoms with Gasteiger partial charge in [0.05, 0.1) is 0 Å². The summed E-state index contributed by atoms with van der Waals surface area (Å²) in [5.41, 5.74) is 4.05. The van der Waals surface area contributed by atoms with Crippen LogP contribution in [0.2, 0.25) is 0 Å². The van der Waals surface area contributed by atoms with E-state index in [0.717, 1.165) is 17.7 Å². The Morgan fingerprint density at radius 1 is 0.917 bits per heavy atom. The first-order valence-electron chi connectivity index (χ1n) is 12.4. The number of carbonyl (C=O) groups excluding carboxylic acids is 1. The average molecular weight is 665 g/mol. The number of aliphatic hydroxyl groups is 1. The van der Waals surface area contributed by atoms with Crippen molar-refractivity contribution in [3.8, 4) is 11.3 Å². The number of aryl methyl sites for hydroxylation is 1. The second-order valence-electron chi connectivity index (χ2n) is 12.2. The zero-order chi connectivity index (χ0) is 26.6. The number of hydrogen-bond acceptors (Lipinski definition) is 3. The van der Waals surface area contributed by atoms with E-state index in [9.17, 15) is 9.90 Å². The fourth-order valence-corrected chi connectivity index (χ4v) is 3.18. The minimum atomic E-state index is -0.417. The molecule has 0 bridgehead atoms. The first-order valence-corrected chi connectivity index (χ1v) is 12.4. The van der Waals surface area contributed by atoms with Crippen molar-refractivity contribution in [1.82, 2.24) is 4.98 Å². The summed E-state index contributed by atoms with van der Waals surface area (Å²) in [6, 6.07) is 18.5. The van der Waals surface area contributed by atoms with Gasteiger partial charge in [-0.25, -0.2) is 0 Å². The van der Waals surface area contributed by atoms with Crippen LogP contribution in [0.15, 0.2) is 60.5 Å². The van der Waals surface area contributed by atoms with Gasteiger partial charge < -0.3 is 10.1 Å². The number of carbonyl (C=O) groups is 1. The molecule has 1 N–H and O–H groups in total. The van der Waals surface area contributed by atoms with Crippen molar-refractivity contribution in [3.05, 3.63) is 77.7 Å². The van der Waals surface area contributed by atoms with E-state index in [4.69, 9.17) is 0 Å². The van der Waals surface area contributed by atoms with Gasteiger partial charge in [0.15, 0.2) is 5.78 Å². The molecular weight excluding hydrogens is 623 g/mol. The van der Waals surface area contributed by atoms with Crippen molar-refractivity contribution < 1.29 is 30.0 Å². The Bertz CT molecular complexity index is 1210. The van der Waals surface area contributed by atoms with Crippen LogP contribution in [0, 0.1) is 16.9 Å². The van der Waals surface area contributed by atoms with Gasteiger partial charge in [-0.05, 0) is 28.3 Å². The largest absolute Gasteiger partial charge is 0.512 e. The van der Waals surface area contributed by atoms with Gasteiger partial charge in [0.25, 0.3) is 0 Å². The van der Waals surface area contributed by atoms with Crippen LogP contribution in [0.5, 0.6) is 0 Å². The van der Waals surface area contributed by atoms with Gasteiger partial charge in [-0.1, -0.05) is 99.6 Å². The number of nitrogens with zero attached hydrogens (tertiary/aromatic N) is 1. The molecule has 2 aromatic carbocycles. The van der Waals surface area contributed by atoms with E-state index >= 15 is 0 Å². The van der Waals surface area contributed by atoms with Gasteiger partial charge in [-0.3, -0.25) is 4.79 Å². The third-order valence-corrected chi connectivity index (χ3v) is 5.85. The molecule has 0 saturated heterocycles. The van der Waals surface area contributed by atoms with E-state index in [-0.39, 0.29) is 42.5 Å². The number of rotatable bonds is 3. The number of aliphatic hydroxyl groups excluding tert-OH is 1. The van der Waals surface area contributed by atoms with Crippen molar-refractivity contribution in [3.63, 3.8) is 0 Å². The summed E-state index contributed by atoms with van der Waals surface area (Å²) in [5.74, 6) is 0.104. The minimum Gasteiger partial charge on any atom is -0.512 e. The molecule has 3 rings (SSSR count). The average Bonchev–Trinajstić information content (AvgIpc) is 2.77. The Kier molecular flexibility index (Phi) is 10.8. The van der Waals surface area contributed by atoms with Gasteiger partial charge in [0, 0.05) is 43.2 Å². The Labute approximate surface area is 231 Å². The maximum absolute atomic E-state index is 11.5. The van der Waals surface area contributed by atoms with Crippen molar-refractivity contribution in [1.29, 1.82) is 0 Å². The molecule has 0 unspecified atom stereocenters. The maximum atomic E-state index is 11.5. The molecule has 3 nitrogen and oxygen atoms in total. The summed E-state index contributed by atoms with van der Waals surface area (Å²) in [7, 11) is 0. The molecule has 0 saturated carbocycles. The Hall–Kier alpha value is -2.29. The first-order chi connectivity index (χ1) is 16.0. The summed E-state index contributed by atoms with van der Waals surface area (Å²) in [4.78, 5) is 16.1. The van der Waals surface area contributed by atoms with E-state index < -0.39 is 5.41 Å². The molecule has 0 aliphatic rings. The molecule has 0 amide bonds. The predicted molar refractivity (Wildman–Crippen MR) is 149 cm³/mol. The molecule has 0 aliphatic heterocycles. The van der Waals surface area contributed by atoms with Crippen LogP contribution in [0.1, 0.15) is 80.4 Å². The molecule has 36 heavy (non-hydrogen) atoms. The molecular formula is C32H42IrNO2-. The summed E-state index contributed by atoms with van der Waals surface area (Å²) >= 11 is 0. The Morgan fingerprint density at radius 3 is 2.00 bits per heavy atom. The quantitative estimate of drug-likeness (QED) is 0.173. The molecule has 0 aliphatic carbocycles. The van der Waals surface area contributed by atoms with Crippen molar-refractivity contribution in [2.75, 3.05) is 0 Å². The molecule has 1 radical (unpaired) electrons. The summed E-state index contributed by atoms with van der Waals surface area (Å²) in [5, 5.41) is 12.0. The molecule has 0 spiro atoms. The van der Waals surface area contributed by atoms with Crippen LogP contribution < -0.4 is 0 Å². The van der Waals surface area contributed by atoms with Gasteiger partial charge in [-0.2, -0.15) is 0 Å². The maximum Gasteiger partial charge on any atom is 0.164 e. The number of aromatic nitrogens is 1. The summed E-state index contributed by atoms with van der Waals surface area (Å²) in [6.07, 6.45) is 4.28. The Balaban J connectivity index is 0.000000402. The first kappa shape index (κ1) is 31.7. The second kappa shape index (κ2) is 12.3.